The Morgan fingerprint density at radius 1 is 0.944 bits per heavy atom. The van der Waals surface area contributed by atoms with Gasteiger partial charge in [-0.2, -0.15) is 4.99 Å². The molecule has 10 heteroatoms. The lowest BCUT2D eigenvalue weighted by Gasteiger charge is -2.20. The van der Waals surface area contributed by atoms with Gasteiger partial charge in [-0.3, -0.25) is 9.59 Å². The van der Waals surface area contributed by atoms with E-state index in [0.29, 0.717) is 29.0 Å². The molecular formula is C26H34N4O6. The highest BCUT2D eigenvalue weighted by Gasteiger charge is 2.21. The molecule has 0 aliphatic carbocycles. The van der Waals surface area contributed by atoms with Crippen molar-refractivity contribution in [3.63, 3.8) is 0 Å². The number of methoxy groups -OCH3 is 3. The summed E-state index contributed by atoms with van der Waals surface area (Å²) in [6.07, 6.45) is 0.485. The molecule has 0 unspecified atom stereocenters. The Labute approximate surface area is 211 Å². The number of nitrogens with zero attached hydrogens (tertiary/aromatic N) is 1. The first kappa shape index (κ1) is 28.2. The van der Waals surface area contributed by atoms with E-state index >= 15 is 0 Å². The molecule has 10 nitrogen and oxygen atoms in total. The summed E-state index contributed by atoms with van der Waals surface area (Å²) < 4.78 is 15.1. The number of nitrogens with two attached hydrogens (primary N) is 1. The number of carbonyl (C=O) groups is 3. The van der Waals surface area contributed by atoms with Crippen LogP contribution in [0, 0.1) is 5.92 Å². The first-order chi connectivity index (χ1) is 17.2. The van der Waals surface area contributed by atoms with E-state index < -0.39 is 17.9 Å². The Balaban J connectivity index is 2.00. The summed E-state index contributed by atoms with van der Waals surface area (Å²) in [4.78, 5) is 40.8. The second-order valence-electron chi connectivity index (χ2n) is 8.49. The lowest BCUT2D eigenvalue weighted by Crippen LogP contribution is -2.49. The first-order valence-corrected chi connectivity index (χ1v) is 11.5. The van der Waals surface area contributed by atoms with Gasteiger partial charge in [-0.25, -0.2) is 4.79 Å². The number of nitrogens with one attached hydrogen (secondary N) is 2. The van der Waals surface area contributed by atoms with Crippen LogP contribution >= 0.6 is 0 Å². The van der Waals surface area contributed by atoms with Gasteiger partial charge in [0.15, 0.2) is 17.5 Å². The zero-order valence-corrected chi connectivity index (χ0v) is 21.3. The molecule has 0 fully saturated rings. The van der Waals surface area contributed by atoms with Crippen LogP contribution in [0.25, 0.3) is 0 Å². The predicted molar refractivity (Wildman–Crippen MR) is 136 cm³/mol. The van der Waals surface area contributed by atoms with Crippen molar-refractivity contribution in [2.24, 2.45) is 16.6 Å². The molecule has 0 spiro atoms. The van der Waals surface area contributed by atoms with Crippen molar-refractivity contribution < 1.29 is 28.6 Å². The van der Waals surface area contributed by atoms with Crippen molar-refractivity contribution >= 4 is 23.7 Å². The van der Waals surface area contributed by atoms with Gasteiger partial charge in [0.2, 0.25) is 5.91 Å². The number of guanidine groups is 1. The number of hydrogen-bond donors (Lipinski definition) is 3. The van der Waals surface area contributed by atoms with Crippen molar-refractivity contribution in [3.05, 3.63) is 59.2 Å². The number of aliphatic imine (C=N–C) groups is 1. The average Bonchev–Trinajstić information content (AvgIpc) is 2.86. The van der Waals surface area contributed by atoms with Crippen molar-refractivity contribution in [1.29, 1.82) is 0 Å². The van der Waals surface area contributed by atoms with E-state index in [4.69, 9.17) is 15.2 Å². The summed E-state index contributed by atoms with van der Waals surface area (Å²) in [5.74, 6) is -0.0755. The number of hydrogen-bond acceptors (Lipinski definition) is 6. The lowest BCUT2D eigenvalue weighted by atomic mass is 10.0. The highest BCUT2D eigenvalue weighted by atomic mass is 16.5. The molecule has 0 aliphatic rings. The minimum atomic E-state index is -0.683. The molecular weight excluding hydrogens is 464 g/mol. The summed E-state index contributed by atoms with van der Waals surface area (Å²) in [7, 11) is 4.36. The van der Waals surface area contributed by atoms with Gasteiger partial charge in [-0.1, -0.05) is 32.0 Å². The van der Waals surface area contributed by atoms with E-state index in [1.807, 2.05) is 13.8 Å². The van der Waals surface area contributed by atoms with Gasteiger partial charge in [0, 0.05) is 6.54 Å². The Kier molecular flexibility index (Phi) is 10.7. The zero-order chi connectivity index (χ0) is 26.7. The Hall–Kier alpha value is -4.08. The Morgan fingerprint density at radius 2 is 1.58 bits per heavy atom. The van der Waals surface area contributed by atoms with E-state index in [9.17, 15) is 14.4 Å². The molecule has 0 radical (unpaired) electrons. The van der Waals surface area contributed by atoms with Gasteiger partial charge in [-0.15, -0.1) is 0 Å². The smallest absolute Gasteiger partial charge is 0.337 e. The minimum Gasteiger partial charge on any atom is -0.493 e. The van der Waals surface area contributed by atoms with Crippen molar-refractivity contribution in [1.82, 2.24) is 10.6 Å². The lowest BCUT2D eigenvalue weighted by molar-refractivity contribution is -0.123. The van der Waals surface area contributed by atoms with Crippen LogP contribution in [0.2, 0.25) is 0 Å². The molecule has 4 N–H and O–H groups in total. The third-order valence-electron chi connectivity index (χ3n) is 5.24. The molecule has 0 bridgehead atoms. The monoisotopic (exact) mass is 498 g/mol. The molecule has 1 atom stereocenters. The number of benzene rings is 2. The van der Waals surface area contributed by atoms with E-state index in [1.165, 1.54) is 21.3 Å². The molecule has 2 amide bonds. The van der Waals surface area contributed by atoms with E-state index in [2.05, 4.69) is 20.4 Å². The maximum atomic E-state index is 12.8. The SMILES string of the molecule is COC(=O)c1ccc(CNC(=O)[C@@H](CC(C)C)NC(N)=NC(=O)Cc2ccc(OC)c(OC)c2)cc1. The standard InChI is InChI=1S/C26H34N4O6/c1-16(2)12-20(24(32)28-15-17-6-9-19(10-7-17)25(33)36-5)29-26(27)30-23(31)14-18-8-11-21(34-3)22(13-18)35-4/h6-11,13,16,20H,12,14-15H2,1-5H3,(H,28,32)(H3,27,29,30,31)/t20-/m1/s1. The van der Waals surface area contributed by atoms with Crippen LogP contribution < -0.4 is 25.8 Å². The number of esters is 1. The number of ether oxygens (including phenoxy) is 3. The maximum Gasteiger partial charge on any atom is 0.337 e. The van der Waals surface area contributed by atoms with Crippen LogP contribution in [0.15, 0.2) is 47.5 Å². The highest BCUT2D eigenvalue weighted by Crippen LogP contribution is 2.27. The van der Waals surface area contributed by atoms with Gasteiger partial charge >= 0.3 is 5.97 Å². The third kappa shape index (κ3) is 8.61. The molecule has 2 aromatic rings. The zero-order valence-electron chi connectivity index (χ0n) is 21.3. The van der Waals surface area contributed by atoms with Gasteiger partial charge in [-0.05, 0) is 47.7 Å². The second-order valence-corrected chi connectivity index (χ2v) is 8.49. The van der Waals surface area contributed by atoms with Crippen molar-refractivity contribution in [2.75, 3.05) is 21.3 Å². The van der Waals surface area contributed by atoms with E-state index in [-0.39, 0.29) is 30.8 Å². The molecule has 0 heterocycles. The second kappa shape index (κ2) is 13.7. The van der Waals surface area contributed by atoms with Gasteiger partial charge in [0.1, 0.15) is 6.04 Å². The topological polar surface area (TPSA) is 141 Å². The molecule has 0 aromatic heterocycles. The molecule has 36 heavy (non-hydrogen) atoms. The Bertz CT molecular complexity index is 1080. The molecule has 0 saturated carbocycles. The fourth-order valence-electron chi connectivity index (χ4n) is 3.44. The largest absolute Gasteiger partial charge is 0.493 e. The quantitative estimate of drug-likeness (QED) is 0.243. The van der Waals surface area contributed by atoms with Crippen LogP contribution in [0.1, 0.15) is 41.8 Å². The van der Waals surface area contributed by atoms with Crippen LogP contribution in [0.3, 0.4) is 0 Å². The molecule has 0 saturated heterocycles. The normalized spacial score (nSPS) is 12.0. The van der Waals surface area contributed by atoms with E-state index in [1.54, 1.807) is 42.5 Å². The molecule has 2 aromatic carbocycles. The fourth-order valence-corrected chi connectivity index (χ4v) is 3.44. The minimum absolute atomic E-state index is 0.00530. The van der Waals surface area contributed by atoms with Crippen LogP contribution in [0.4, 0.5) is 0 Å². The average molecular weight is 499 g/mol. The summed E-state index contributed by atoms with van der Waals surface area (Å²) >= 11 is 0. The summed E-state index contributed by atoms with van der Waals surface area (Å²) in [5, 5.41) is 5.71. The van der Waals surface area contributed by atoms with Gasteiger partial charge in [0.05, 0.1) is 33.3 Å². The fraction of sp³-hybridized carbons (Fsp3) is 0.385. The summed E-state index contributed by atoms with van der Waals surface area (Å²) in [6.45, 7) is 4.21. The number of rotatable bonds is 11. The maximum absolute atomic E-state index is 12.8. The van der Waals surface area contributed by atoms with Crippen LogP contribution in [-0.4, -0.2) is 51.1 Å². The number of amides is 2. The highest BCUT2D eigenvalue weighted by molar-refractivity contribution is 5.95. The summed E-state index contributed by atoms with van der Waals surface area (Å²) in [6, 6.07) is 11.2. The predicted octanol–water partition coefficient (Wildman–Crippen LogP) is 2.19. The van der Waals surface area contributed by atoms with Crippen molar-refractivity contribution in [3.8, 4) is 11.5 Å². The molecule has 0 aliphatic heterocycles. The summed E-state index contributed by atoms with van der Waals surface area (Å²) in [5.41, 5.74) is 7.88. The van der Waals surface area contributed by atoms with E-state index in [0.717, 1.165) is 5.56 Å². The van der Waals surface area contributed by atoms with Crippen molar-refractivity contribution in [2.45, 2.75) is 39.3 Å². The molecule has 2 rings (SSSR count). The third-order valence-corrected chi connectivity index (χ3v) is 5.24. The number of carbonyl (C=O) groups excluding carboxylic acids is 3. The van der Waals surface area contributed by atoms with Crippen LogP contribution in [0.5, 0.6) is 11.5 Å². The van der Waals surface area contributed by atoms with Gasteiger partial charge in [0.25, 0.3) is 5.91 Å². The van der Waals surface area contributed by atoms with Crippen LogP contribution in [-0.2, 0) is 27.3 Å². The first-order valence-electron chi connectivity index (χ1n) is 11.5. The molecule has 194 valence electrons. The van der Waals surface area contributed by atoms with Gasteiger partial charge < -0.3 is 30.6 Å². The Morgan fingerprint density at radius 3 is 2.17 bits per heavy atom.